The molecule has 2 heterocycles. The van der Waals surface area contributed by atoms with Crippen LogP contribution in [0.1, 0.15) is 0 Å². The summed E-state index contributed by atoms with van der Waals surface area (Å²) in [5.74, 6) is -1.33. The fourth-order valence-electron chi connectivity index (χ4n) is 2.73. The lowest BCUT2D eigenvalue weighted by Gasteiger charge is -2.09. The number of benzene rings is 2. The quantitative estimate of drug-likeness (QED) is 0.510. The van der Waals surface area contributed by atoms with Gasteiger partial charge in [0.15, 0.2) is 0 Å². The summed E-state index contributed by atoms with van der Waals surface area (Å²) >= 11 is 5.88. The molecule has 0 bridgehead atoms. The highest BCUT2D eigenvalue weighted by Crippen LogP contribution is 2.24. The van der Waals surface area contributed by atoms with Gasteiger partial charge in [-0.05, 0) is 48.5 Å². The molecule has 2 aromatic carbocycles. The van der Waals surface area contributed by atoms with Gasteiger partial charge in [-0.2, -0.15) is 4.98 Å². The van der Waals surface area contributed by atoms with Crippen molar-refractivity contribution in [3.63, 3.8) is 0 Å². The van der Waals surface area contributed by atoms with Crippen LogP contribution in [-0.2, 0) is 11.3 Å². The highest BCUT2D eigenvalue weighted by Gasteiger charge is 2.16. The number of carbonyl (C=O) groups excluding carboxylic acids is 1. The number of hydrogen-bond donors (Lipinski definition) is 1. The lowest BCUT2D eigenvalue weighted by molar-refractivity contribution is -0.116. The van der Waals surface area contributed by atoms with Crippen molar-refractivity contribution >= 4 is 23.2 Å². The summed E-state index contributed by atoms with van der Waals surface area (Å²) in [7, 11) is 0. The third kappa shape index (κ3) is 4.17. The van der Waals surface area contributed by atoms with Crippen molar-refractivity contribution in [3.8, 4) is 23.0 Å². The van der Waals surface area contributed by atoms with Gasteiger partial charge in [-0.3, -0.25) is 4.79 Å². The normalized spacial score (nSPS) is 10.9. The van der Waals surface area contributed by atoms with Crippen LogP contribution in [0, 0.1) is 11.6 Å². The third-order valence-electron chi connectivity index (χ3n) is 4.09. The number of anilines is 1. The van der Waals surface area contributed by atoms with Crippen molar-refractivity contribution in [2.24, 2.45) is 0 Å². The van der Waals surface area contributed by atoms with E-state index in [1.807, 2.05) is 0 Å². The molecule has 146 valence electrons. The zero-order valence-electron chi connectivity index (χ0n) is 14.8. The molecule has 1 N–H and O–H groups in total. The van der Waals surface area contributed by atoms with E-state index in [1.54, 1.807) is 47.2 Å². The first-order valence-electron chi connectivity index (χ1n) is 8.49. The van der Waals surface area contributed by atoms with E-state index < -0.39 is 17.5 Å². The molecule has 0 radical (unpaired) electrons. The minimum absolute atomic E-state index is 0.156. The van der Waals surface area contributed by atoms with Crippen LogP contribution >= 0.6 is 11.6 Å². The van der Waals surface area contributed by atoms with Crippen LogP contribution in [0.25, 0.3) is 23.0 Å². The Bertz CT molecular complexity index is 1170. The first kappa shape index (κ1) is 18.8. The fourth-order valence-corrected chi connectivity index (χ4v) is 2.85. The van der Waals surface area contributed by atoms with Crippen LogP contribution in [-0.4, -0.2) is 20.6 Å². The Morgan fingerprint density at radius 1 is 1.14 bits per heavy atom. The predicted octanol–water partition coefficient (Wildman–Crippen LogP) is 4.78. The van der Waals surface area contributed by atoms with Gasteiger partial charge in [0.1, 0.15) is 23.9 Å². The fraction of sp³-hybridized carbons (Fsp3) is 0.0500. The Kier molecular flexibility index (Phi) is 5.09. The Labute approximate surface area is 168 Å². The molecule has 4 aromatic rings. The van der Waals surface area contributed by atoms with Crippen LogP contribution in [0.15, 0.2) is 65.3 Å². The molecular formula is C20H13ClF2N4O2. The second-order valence-corrected chi connectivity index (χ2v) is 6.56. The van der Waals surface area contributed by atoms with Crippen LogP contribution in [0.2, 0.25) is 5.02 Å². The summed E-state index contributed by atoms with van der Waals surface area (Å²) in [6, 6.07) is 13.2. The highest BCUT2D eigenvalue weighted by atomic mass is 35.5. The SMILES string of the molecule is O=C(Cn1cccc1-c1nc(-c2ccc(Cl)cc2)no1)Nc1cc(F)ccc1F. The van der Waals surface area contributed by atoms with Crippen LogP contribution in [0.5, 0.6) is 0 Å². The molecule has 0 saturated heterocycles. The zero-order chi connectivity index (χ0) is 20.4. The van der Waals surface area contributed by atoms with Gasteiger partial charge in [0.25, 0.3) is 5.89 Å². The number of aromatic nitrogens is 3. The van der Waals surface area contributed by atoms with Gasteiger partial charge >= 0.3 is 0 Å². The first-order chi connectivity index (χ1) is 14.0. The first-order valence-corrected chi connectivity index (χ1v) is 8.87. The van der Waals surface area contributed by atoms with E-state index in [4.69, 9.17) is 16.1 Å². The average Bonchev–Trinajstić information content (AvgIpc) is 3.34. The Morgan fingerprint density at radius 3 is 2.72 bits per heavy atom. The largest absolute Gasteiger partial charge is 0.334 e. The van der Waals surface area contributed by atoms with Crippen molar-refractivity contribution in [3.05, 3.63) is 77.5 Å². The molecule has 0 aliphatic heterocycles. The Hall–Kier alpha value is -3.52. The van der Waals surface area contributed by atoms with Gasteiger partial charge in [-0.15, -0.1) is 0 Å². The molecule has 0 aliphatic rings. The number of hydrogen-bond acceptors (Lipinski definition) is 4. The molecule has 6 nitrogen and oxygen atoms in total. The molecule has 2 aromatic heterocycles. The summed E-state index contributed by atoms with van der Waals surface area (Å²) in [4.78, 5) is 16.6. The lowest BCUT2D eigenvalue weighted by Crippen LogP contribution is -2.19. The van der Waals surface area contributed by atoms with Gasteiger partial charge in [0, 0.05) is 22.8 Å². The molecule has 0 fully saturated rings. The maximum Gasteiger partial charge on any atom is 0.274 e. The molecule has 9 heteroatoms. The second kappa shape index (κ2) is 7.84. The topological polar surface area (TPSA) is 73.0 Å². The van der Waals surface area contributed by atoms with E-state index in [1.165, 1.54) is 0 Å². The monoisotopic (exact) mass is 414 g/mol. The lowest BCUT2D eigenvalue weighted by atomic mass is 10.2. The summed E-state index contributed by atoms with van der Waals surface area (Å²) in [6.45, 7) is -0.156. The van der Waals surface area contributed by atoms with E-state index in [2.05, 4.69) is 15.5 Å². The maximum atomic E-state index is 13.7. The molecule has 0 unspecified atom stereocenters. The standard InChI is InChI=1S/C20H13ClF2N4O2/c21-13-5-3-12(4-6-13)19-25-20(29-26-19)17-2-1-9-27(17)11-18(28)24-16-10-14(22)7-8-15(16)23/h1-10H,11H2,(H,24,28). The van der Waals surface area contributed by atoms with Crippen molar-refractivity contribution in [2.75, 3.05) is 5.32 Å². The number of halogens is 3. The van der Waals surface area contributed by atoms with Gasteiger partial charge in [-0.1, -0.05) is 16.8 Å². The minimum atomic E-state index is -0.725. The van der Waals surface area contributed by atoms with Crippen molar-refractivity contribution < 1.29 is 18.1 Å². The van der Waals surface area contributed by atoms with Crippen LogP contribution in [0.4, 0.5) is 14.5 Å². The summed E-state index contributed by atoms with van der Waals surface area (Å²) < 4.78 is 33.9. The molecule has 1 amide bonds. The average molecular weight is 415 g/mol. The molecule has 29 heavy (non-hydrogen) atoms. The van der Waals surface area contributed by atoms with Crippen molar-refractivity contribution in [1.82, 2.24) is 14.7 Å². The maximum absolute atomic E-state index is 13.7. The van der Waals surface area contributed by atoms with E-state index in [0.717, 1.165) is 23.8 Å². The predicted molar refractivity (Wildman–Crippen MR) is 103 cm³/mol. The summed E-state index contributed by atoms with van der Waals surface area (Å²) in [6.07, 6.45) is 1.64. The summed E-state index contributed by atoms with van der Waals surface area (Å²) in [5.41, 5.74) is 1.00. The van der Waals surface area contributed by atoms with Gasteiger partial charge in [-0.25, -0.2) is 8.78 Å². The molecule has 0 aliphatic carbocycles. The second-order valence-electron chi connectivity index (χ2n) is 6.12. The zero-order valence-corrected chi connectivity index (χ0v) is 15.5. The van der Waals surface area contributed by atoms with Gasteiger partial charge < -0.3 is 14.4 Å². The van der Waals surface area contributed by atoms with Crippen molar-refractivity contribution in [2.45, 2.75) is 6.54 Å². The molecule has 0 atom stereocenters. The van der Waals surface area contributed by atoms with Crippen molar-refractivity contribution in [1.29, 1.82) is 0 Å². The third-order valence-corrected chi connectivity index (χ3v) is 4.35. The Morgan fingerprint density at radius 2 is 1.93 bits per heavy atom. The van der Waals surface area contributed by atoms with Crippen LogP contribution in [0.3, 0.4) is 0 Å². The number of carbonyl (C=O) groups is 1. The number of nitrogens with one attached hydrogen (secondary N) is 1. The van der Waals surface area contributed by atoms with E-state index in [9.17, 15) is 13.6 Å². The number of rotatable bonds is 5. The molecular weight excluding hydrogens is 402 g/mol. The minimum Gasteiger partial charge on any atom is -0.334 e. The summed E-state index contributed by atoms with van der Waals surface area (Å²) in [5, 5.41) is 6.89. The van der Waals surface area contributed by atoms with Crippen LogP contribution < -0.4 is 5.32 Å². The molecule has 0 saturated carbocycles. The van der Waals surface area contributed by atoms with E-state index in [0.29, 0.717) is 16.5 Å². The number of amides is 1. The number of nitrogens with zero attached hydrogens (tertiary/aromatic N) is 3. The Balaban J connectivity index is 1.52. The van der Waals surface area contributed by atoms with Gasteiger partial charge in [0.05, 0.1) is 5.69 Å². The van der Waals surface area contributed by atoms with E-state index >= 15 is 0 Å². The molecule has 0 spiro atoms. The van der Waals surface area contributed by atoms with E-state index in [-0.39, 0.29) is 18.1 Å². The molecule has 4 rings (SSSR count). The smallest absolute Gasteiger partial charge is 0.274 e. The van der Waals surface area contributed by atoms with Gasteiger partial charge in [0.2, 0.25) is 11.7 Å². The highest BCUT2D eigenvalue weighted by molar-refractivity contribution is 6.30.